The third-order valence-electron chi connectivity index (χ3n) is 2.83. The fourth-order valence-electron chi connectivity index (χ4n) is 2.05. The minimum atomic E-state index is -0.177. The molecule has 0 saturated carbocycles. The molecule has 1 spiro atoms. The standard InChI is InChI=1S/C10H9NO/c12-9-10(11-9)5-7-3-1-2-4-8(7)6-10/h1-4H,5-6H2,(H,11,12). The van der Waals surface area contributed by atoms with Crippen molar-refractivity contribution in [2.45, 2.75) is 18.4 Å². The van der Waals surface area contributed by atoms with E-state index in [1.165, 1.54) is 11.1 Å². The van der Waals surface area contributed by atoms with Gasteiger partial charge in [0.25, 0.3) is 0 Å². The Hall–Kier alpha value is -1.31. The van der Waals surface area contributed by atoms with Crippen molar-refractivity contribution < 1.29 is 4.79 Å². The first-order chi connectivity index (χ1) is 5.80. The molecule has 1 N–H and O–H groups in total. The van der Waals surface area contributed by atoms with Gasteiger partial charge in [-0.3, -0.25) is 4.79 Å². The van der Waals surface area contributed by atoms with E-state index in [9.17, 15) is 4.79 Å². The topological polar surface area (TPSA) is 39.0 Å². The lowest BCUT2D eigenvalue weighted by molar-refractivity contribution is -0.112. The molecule has 3 rings (SSSR count). The van der Waals surface area contributed by atoms with E-state index in [2.05, 4.69) is 17.4 Å². The van der Waals surface area contributed by atoms with Crippen molar-refractivity contribution >= 4 is 5.91 Å². The summed E-state index contributed by atoms with van der Waals surface area (Å²) in [6, 6.07) is 8.28. The highest BCUT2D eigenvalue weighted by Crippen LogP contribution is 2.36. The summed E-state index contributed by atoms with van der Waals surface area (Å²) in [5, 5.41) is 2.92. The van der Waals surface area contributed by atoms with Gasteiger partial charge in [-0.1, -0.05) is 24.3 Å². The fraction of sp³-hybridized carbons (Fsp3) is 0.300. The van der Waals surface area contributed by atoms with Crippen molar-refractivity contribution in [3.05, 3.63) is 35.4 Å². The summed E-state index contributed by atoms with van der Waals surface area (Å²) >= 11 is 0. The Morgan fingerprint density at radius 1 is 1.17 bits per heavy atom. The van der Waals surface area contributed by atoms with Crippen molar-refractivity contribution in [3.8, 4) is 0 Å². The van der Waals surface area contributed by atoms with Crippen molar-refractivity contribution in [3.63, 3.8) is 0 Å². The summed E-state index contributed by atoms with van der Waals surface area (Å²) in [5.74, 6) is 0.221. The number of rotatable bonds is 0. The average molecular weight is 159 g/mol. The molecule has 60 valence electrons. The van der Waals surface area contributed by atoms with Crippen LogP contribution in [0.5, 0.6) is 0 Å². The highest BCUT2D eigenvalue weighted by molar-refractivity contribution is 6.03. The molecule has 1 saturated heterocycles. The molecular weight excluding hydrogens is 150 g/mol. The second kappa shape index (κ2) is 1.71. The first-order valence-electron chi connectivity index (χ1n) is 4.20. The van der Waals surface area contributed by atoms with Gasteiger partial charge in [0.15, 0.2) is 0 Å². The lowest BCUT2D eigenvalue weighted by Crippen LogP contribution is -2.15. The smallest absolute Gasteiger partial charge is 0.247 e. The highest BCUT2D eigenvalue weighted by atomic mass is 16.2. The van der Waals surface area contributed by atoms with Crippen LogP contribution < -0.4 is 5.32 Å². The third-order valence-corrected chi connectivity index (χ3v) is 2.83. The van der Waals surface area contributed by atoms with Crippen LogP contribution in [0.15, 0.2) is 24.3 Å². The van der Waals surface area contributed by atoms with Gasteiger partial charge in [0.2, 0.25) is 5.91 Å². The molecule has 1 amide bonds. The minimum Gasteiger partial charge on any atom is -0.339 e. The summed E-state index contributed by atoms with van der Waals surface area (Å²) in [6.45, 7) is 0. The van der Waals surface area contributed by atoms with Crippen LogP contribution in [0, 0.1) is 0 Å². The molecule has 2 nitrogen and oxygen atoms in total. The third kappa shape index (κ3) is 0.624. The molecule has 2 aliphatic rings. The molecule has 1 aromatic rings. The van der Waals surface area contributed by atoms with E-state index in [1.54, 1.807) is 0 Å². The maximum atomic E-state index is 11.1. The van der Waals surface area contributed by atoms with E-state index in [-0.39, 0.29) is 11.4 Å². The van der Waals surface area contributed by atoms with Crippen LogP contribution in [-0.4, -0.2) is 11.4 Å². The van der Waals surface area contributed by atoms with E-state index >= 15 is 0 Å². The number of nitrogens with one attached hydrogen (secondary N) is 1. The zero-order valence-electron chi connectivity index (χ0n) is 6.63. The number of carbonyl (C=O) groups excluding carboxylic acids is 1. The van der Waals surface area contributed by atoms with E-state index in [0.717, 1.165) is 12.8 Å². The summed E-state index contributed by atoms with van der Waals surface area (Å²) < 4.78 is 0. The molecule has 0 unspecified atom stereocenters. The SMILES string of the molecule is O=C1NC12Cc1ccccc1C2. The second-order valence-corrected chi connectivity index (χ2v) is 3.66. The number of fused-ring (bicyclic) bond motifs is 1. The van der Waals surface area contributed by atoms with E-state index < -0.39 is 0 Å². The van der Waals surface area contributed by atoms with Gasteiger partial charge in [-0.05, 0) is 11.1 Å². The lowest BCUT2D eigenvalue weighted by atomic mass is 10.1. The van der Waals surface area contributed by atoms with Crippen molar-refractivity contribution in [2.75, 3.05) is 0 Å². The Morgan fingerprint density at radius 2 is 1.67 bits per heavy atom. The van der Waals surface area contributed by atoms with Crippen LogP contribution in [0.3, 0.4) is 0 Å². The van der Waals surface area contributed by atoms with Crippen LogP contribution in [0.4, 0.5) is 0 Å². The van der Waals surface area contributed by atoms with Gasteiger partial charge in [0.05, 0.1) is 0 Å². The quantitative estimate of drug-likeness (QED) is 0.555. The Balaban J connectivity index is 2.06. The van der Waals surface area contributed by atoms with Crippen molar-refractivity contribution in [2.24, 2.45) is 0 Å². The Labute approximate surface area is 70.6 Å². The molecule has 1 fully saturated rings. The Bertz CT molecular complexity index is 345. The lowest BCUT2D eigenvalue weighted by Gasteiger charge is -1.94. The van der Waals surface area contributed by atoms with Gasteiger partial charge in [-0.2, -0.15) is 0 Å². The summed E-state index contributed by atoms with van der Waals surface area (Å²) in [7, 11) is 0. The minimum absolute atomic E-state index is 0.177. The second-order valence-electron chi connectivity index (χ2n) is 3.66. The summed E-state index contributed by atoms with van der Waals surface area (Å²) in [5.41, 5.74) is 2.48. The first-order valence-corrected chi connectivity index (χ1v) is 4.20. The Kier molecular flexibility index (Phi) is 0.888. The van der Waals surface area contributed by atoms with Gasteiger partial charge in [-0.25, -0.2) is 0 Å². The maximum Gasteiger partial charge on any atom is 0.247 e. The van der Waals surface area contributed by atoms with E-state index in [4.69, 9.17) is 0 Å². The van der Waals surface area contributed by atoms with Gasteiger partial charge in [0, 0.05) is 12.8 Å². The monoisotopic (exact) mass is 159 g/mol. The van der Waals surface area contributed by atoms with Crippen LogP contribution in [0.1, 0.15) is 11.1 Å². The molecule has 0 atom stereocenters. The molecule has 0 bridgehead atoms. The summed E-state index contributed by atoms with van der Waals surface area (Å²) in [4.78, 5) is 11.1. The first kappa shape index (κ1) is 6.23. The van der Waals surface area contributed by atoms with Crippen LogP contribution in [0.25, 0.3) is 0 Å². The number of hydrogen-bond donors (Lipinski definition) is 1. The largest absolute Gasteiger partial charge is 0.339 e. The molecule has 1 aromatic carbocycles. The van der Waals surface area contributed by atoms with Crippen molar-refractivity contribution in [1.82, 2.24) is 5.32 Å². The number of hydrogen-bond acceptors (Lipinski definition) is 1. The van der Waals surface area contributed by atoms with Gasteiger partial charge >= 0.3 is 0 Å². The number of benzene rings is 1. The van der Waals surface area contributed by atoms with E-state index in [0.29, 0.717) is 0 Å². The van der Waals surface area contributed by atoms with Crippen LogP contribution in [0.2, 0.25) is 0 Å². The normalized spacial score (nSPS) is 22.2. The Morgan fingerprint density at radius 3 is 2.08 bits per heavy atom. The molecule has 1 heterocycles. The predicted molar refractivity (Wildman–Crippen MR) is 44.7 cm³/mol. The molecule has 0 radical (unpaired) electrons. The molecule has 0 aromatic heterocycles. The van der Waals surface area contributed by atoms with Crippen molar-refractivity contribution in [1.29, 1.82) is 0 Å². The average Bonchev–Trinajstić information content (AvgIpc) is 2.57. The van der Waals surface area contributed by atoms with Crippen LogP contribution in [-0.2, 0) is 17.6 Å². The van der Waals surface area contributed by atoms with Gasteiger partial charge in [0.1, 0.15) is 5.54 Å². The maximum absolute atomic E-state index is 11.1. The van der Waals surface area contributed by atoms with E-state index in [1.807, 2.05) is 12.1 Å². The zero-order valence-corrected chi connectivity index (χ0v) is 6.63. The molecular formula is C10H9NO. The van der Waals surface area contributed by atoms with Crippen LogP contribution >= 0.6 is 0 Å². The fourth-order valence-corrected chi connectivity index (χ4v) is 2.05. The molecule has 2 heteroatoms. The molecule has 1 aliphatic carbocycles. The number of amides is 1. The predicted octanol–water partition coefficient (Wildman–Crippen LogP) is 0.654. The zero-order chi connectivity index (χ0) is 8.18. The highest BCUT2D eigenvalue weighted by Gasteiger charge is 2.56. The summed E-state index contributed by atoms with van der Waals surface area (Å²) in [6.07, 6.45) is 1.78. The van der Waals surface area contributed by atoms with Gasteiger partial charge in [-0.15, -0.1) is 0 Å². The van der Waals surface area contributed by atoms with Gasteiger partial charge < -0.3 is 5.32 Å². The molecule has 1 aliphatic heterocycles. The molecule has 12 heavy (non-hydrogen) atoms. The number of carbonyl (C=O) groups is 1.